The van der Waals surface area contributed by atoms with E-state index in [0.29, 0.717) is 5.56 Å². The highest BCUT2D eigenvalue weighted by Gasteiger charge is 2.18. The summed E-state index contributed by atoms with van der Waals surface area (Å²) in [5.41, 5.74) is 4.41. The van der Waals surface area contributed by atoms with Crippen molar-refractivity contribution >= 4 is 11.0 Å². The van der Waals surface area contributed by atoms with Gasteiger partial charge in [-0.15, -0.1) is 0 Å². The first-order valence-electron chi connectivity index (χ1n) is 6.57. The summed E-state index contributed by atoms with van der Waals surface area (Å²) in [6.07, 6.45) is 6.50. The van der Waals surface area contributed by atoms with E-state index in [1.807, 2.05) is 24.4 Å². The molecule has 0 radical (unpaired) electrons. The molecule has 0 atom stereocenters. The van der Waals surface area contributed by atoms with Crippen molar-refractivity contribution < 1.29 is 4.39 Å². The zero-order valence-corrected chi connectivity index (χ0v) is 10.4. The predicted octanol–water partition coefficient (Wildman–Crippen LogP) is 3.86. The summed E-state index contributed by atoms with van der Waals surface area (Å²) in [4.78, 5) is 7.38. The van der Waals surface area contributed by atoms with E-state index in [4.69, 9.17) is 0 Å². The number of hydrogen-bond donors (Lipinski definition) is 1. The fourth-order valence-electron chi connectivity index (χ4n) is 2.93. The van der Waals surface area contributed by atoms with Gasteiger partial charge in [-0.25, -0.2) is 9.37 Å². The van der Waals surface area contributed by atoms with E-state index in [9.17, 15) is 4.39 Å². The van der Waals surface area contributed by atoms with Crippen molar-refractivity contribution in [2.75, 3.05) is 0 Å². The molecule has 0 spiro atoms. The highest BCUT2D eigenvalue weighted by Crippen LogP contribution is 2.32. The zero-order chi connectivity index (χ0) is 12.8. The molecular formula is C16H13FN2. The maximum absolute atomic E-state index is 14.5. The average Bonchev–Trinajstić information content (AvgIpc) is 3.07. The van der Waals surface area contributed by atoms with Crippen molar-refractivity contribution in [3.8, 4) is 11.1 Å². The van der Waals surface area contributed by atoms with Crippen molar-refractivity contribution in [3.05, 3.63) is 53.6 Å². The van der Waals surface area contributed by atoms with Crippen molar-refractivity contribution in [3.63, 3.8) is 0 Å². The molecule has 3 aromatic rings. The minimum atomic E-state index is -0.0633. The monoisotopic (exact) mass is 252 g/mol. The molecule has 1 aromatic carbocycles. The van der Waals surface area contributed by atoms with E-state index < -0.39 is 0 Å². The number of nitrogens with zero attached hydrogens (tertiary/aromatic N) is 1. The molecule has 2 nitrogen and oxygen atoms in total. The van der Waals surface area contributed by atoms with Gasteiger partial charge in [0, 0.05) is 28.9 Å². The molecular weight excluding hydrogens is 239 g/mol. The number of rotatable bonds is 1. The van der Waals surface area contributed by atoms with Gasteiger partial charge in [0.2, 0.25) is 0 Å². The maximum atomic E-state index is 14.5. The summed E-state index contributed by atoms with van der Waals surface area (Å²) in [5.74, 6) is -0.0633. The Labute approximate surface area is 110 Å². The standard InChI is InChI=1S/C16H13FN2/c17-15-13-3-1-2-10(13)4-5-14(15)12-8-11-6-7-18-16(11)19-9-12/h4-9H,1-3H2,(H,18,19). The predicted molar refractivity (Wildman–Crippen MR) is 73.5 cm³/mol. The quantitative estimate of drug-likeness (QED) is 0.700. The lowest BCUT2D eigenvalue weighted by atomic mass is 10.00. The van der Waals surface area contributed by atoms with Gasteiger partial charge < -0.3 is 4.98 Å². The van der Waals surface area contributed by atoms with Crippen molar-refractivity contribution in [1.29, 1.82) is 0 Å². The average molecular weight is 252 g/mol. The molecule has 0 fully saturated rings. The van der Waals surface area contributed by atoms with E-state index in [2.05, 4.69) is 16.0 Å². The molecule has 0 saturated heterocycles. The third-order valence-electron chi connectivity index (χ3n) is 3.92. The lowest BCUT2D eigenvalue weighted by molar-refractivity contribution is 0.616. The molecule has 4 rings (SSSR count). The van der Waals surface area contributed by atoms with Crippen LogP contribution in [0.2, 0.25) is 0 Å². The van der Waals surface area contributed by atoms with Gasteiger partial charge in [-0.1, -0.05) is 12.1 Å². The van der Waals surface area contributed by atoms with Crippen molar-refractivity contribution in [2.45, 2.75) is 19.3 Å². The first-order chi connectivity index (χ1) is 9.33. The highest BCUT2D eigenvalue weighted by molar-refractivity contribution is 5.81. The second kappa shape index (κ2) is 3.92. The molecule has 94 valence electrons. The third kappa shape index (κ3) is 1.58. The lowest BCUT2D eigenvalue weighted by Gasteiger charge is -2.08. The summed E-state index contributed by atoms with van der Waals surface area (Å²) < 4.78 is 14.5. The number of benzene rings is 1. The van der Waals surface area contributed by atoms with Crippen LogP contribution in [0.15, 0.2) is 36.7 Å². The van der Waals surface area contributed by atoms with Crippen LogP contribution in [0.5, 0.6) is 0 Å². The molecule has 2 aromatic heterocycles. The van der Waals surface area contributed by atoms with Gasteiger partial charge in [0.15, 0.2) is 0 Å². The van der Waals surface area contributed by atoms with Crippen LogP contribution in [0.1, 0.15) is 17.5 Å². The Balaban J connectivity index is 1.92. The maximum Gasteiger partial charge on any atom is 0.137 e. The Morgan fingerprint density at radius 3 is 3.05 bits per heavy atom. The number of fused-ring (bicyclic) bond motifs is 2. The van der Waals surface area contributed by atoms with Gasteiger partial charge in [-0.05, 0) is 42.5 Å². The SMILES string of the molecule is Fc1c(-c2cnc3[nH]ccc3c2)ccc2c1CCC2. The van der Waals surface area contributed by atoms with E-state index in [-0.39, 0.29) is 5.82 Å². The van der Waals surface area contributed by atoms with E-state index in [1.165, 1.54) is 0 Å². The molecule has 0 aliphatic heterocycles. The van der Waals surface area contributed by atoms with Crippen LogP contribution in [0, 0.1) is 5.82 Å². The minimum absolute atomic E-state index is 0.0633. The topological polar surface area (TPSA) is 28.7 Å². The zero-order valence-electron chi connectivity index (χ0n) is 10.4. The molecule has 2 heterocycles. The smallest absolute Gasteiger partial charge is 0.137 e. The number of aryl methyl sites for hydroxylation is 1. The minimum Gasteiger partial charge on any atom is -0.346 e. The second-order valence-corrected chi connectivity index (χ2v) is 5.06. The van der Waals surface area contributed by atoms with Crippen LogP contribution >= 0.6 is 0 Å². The van der Waals surface area contributed by atoms with Gasteiger partial charge in [0.05, 0.1) is 0 Å². The Morgan fingerprint density at radius 1 is 1.16 bits per heavy atom. The number of aromatic amines is 1. The Hall–Kier alpha value is -2.16. The van der Waals surface area contributed by atoms with Gasteiger partial charge in [0.25, 0.3) is 0 Å². The Kier molecular flexibility index (Phi) is 2.21. The molecule has 1 aliphatic rings. The summed E-state index contributed by atoms with van der Waals surface area (Å²) in [7, 11) is 0. The van der Waals surface area contributed by atoms with Crippen molar-refractivity contribution in [2.24, 2.45) is 0 Å². The molecule has 1 aliphatic carbocycles. The summed E-state index contributed by atoms with van der Waals surface area (Å²) in [6.45, 7) is 0. The molecule has 0 unspecified atom stereocenters. The van der Waals surface area contributed by atoms with Crippen LogP contribution in [-0.4, -0.2) is 9.97 Å². The molecule has 0 saturated carbocycles. The Bertz CT molecular complexity index is 774. The molecule has 19 heavy (non-hydrogen) atoms. The number of H-pyrrole nitrogens is 1. The summed E-state index contributed by atoms with van der Waals surface area (Å²) in [6, 6.07) is 7.88. The van der Waals surface area contributed by atoms with Gasteiger partial charge >= 0.3 is 0 Å². The third-order valence-corrected chi connectivity index (χ3v) is 3.92. The largest absolute Gasteiger partial charge is 0.346 e. The molecule has 0 amide bonds. The van der Waals surface area contributed by atoms with Crippen LogP contribution in [0.3, 0.4) is 0 Å². The normalized spacial score (nSPS) is 13.9. The fourth-order valence-corrected chi connectivity index (χ4v) is 2.93. The van der Waals surface area contributed by atoms with Crippen molar-refractivity contribution in [1.82, 2.24) is 9.97 Å². The first kappa shape index (κ1) is 10.7. The van der Waals surface area contributed by atoms with Gasteiger partial charge in [0.1, 0.15) is 11.5 Å². The first-order valence-corrected chi connectivity index (χ1v) is 6.57. The second-order valence-electron chi connectivity index (χ2n) is 5.06. The molecule has 0 bridgehead atoms. The number of aromatic nitrogens is 2. The molecule has 3 heteroatoms. The van der Waals surface area contributed by atoms with Crippen LogP contribution in [0.25, 0.3) is 22.2 Å². The number of halogens is 1. The summed E-state index contributed by atoms with van der Waals surface area (Å²) >= 11 is 0. The number of nitrogens with one attached hydrogen (secondary N) is 1. The van der Waals surface area contributed by atoms with Crippen LogP contribution in [0.4, 0.5) is 4.39 Å². The van der Waals surface area contributed by atoms with E-state index in [1.54, 1.807) is 6.20 Å². The van der Waals surface area contributed by atoms with E-state index >= 15 is 0 Å². The van der Waals surface area contributed by atoms with Gasteiger partial charge in [-0.3, -0.25) is 0 Å². The summed E-state index contributed by atoms with van der Waals surface area (Å²) in [5, 5.41) is 1.01. The highest BCUT2D eigenvalue weighted by atomic mass is 19.1. The number of hydrogen-bond acceptors (Lipinski definition) is 1. The van der Waals surface area contributed by atoms with E-state index in [0.717, 1.165) is 47.0 Å². The lowest BCUT2D eigenvalue weighted by Crippen LogP contribution is -1.93. The van der Waals surface area contributed by atoms with Crippen LogP contribution in [-0.2, 0) is 12.8 Å². The van der Waals surface area contributed by atoms with Crippen LogP contribution < -0.4 is 0 Å². The fraction of sp³-hybridized carbons (Fsp3) is 0.188. The van der Waals surface area contributed by atoms with Gasteiger partial charge in [-0.2, -0.15) is 0 Å². The Morgan fingerprint density at radius 2 is 2.11 bits per heavy atom. The number of pyridine rings is 1. The molecule has 1 N–H and O–H groups in total.